The van der Waals surface area contributed by atoms with E-state index in [9.17, 15) is 4.79 Å². The predicted octanol–water partition coefficient (Wildman–Crippen LogP) is 6.37. The summed E-state index contributed by atoms with van der Waals surface area (Å²) >= 11 is 13.6. The fraction of sp³-hybridized carbons (Fsp3) is 0.167. The molecule has 9 heteroatoms. The first-order valence-electron chi connectivity index (χ1n) is 10.2. The molecule has 4 rings (SSSR count). The van der Waals surface area contributed by atoms with Crippen molar-refractivity contribution in [3.63, 3.8) is 0 Å². The Kier molecular flexibility index (Phi) is 7.02. The molecular formula is C24H21Cl2N5OS. The van der Waals surface area contributed by atoms with E-state index in [4.69, 9.17) is 23.2 Å². The number of hydrogen-bond acceptors (Lipinski definition) is 5. The molecule has 0 spiro atoms. The first-order valence-corrected chi connectivity index (χ1v) is 11.8. The van der Waals surface area contributed by atoms with E-state index in [-0.39, 0.29) is 5.91 Å². The summed E-state index contributed by atoms with van der Waals surface area (Å²) in [5, 5.41) is 12.5. The number of benzene rings is 2. The maximum absolute atomic E-state index is 12.9. The zero-order valence-corrected chi connectivity index (χ0v) is 20.5. The molecule has 0 aliphatic heterocycles. The normalized spacial score (nSPS) is 11.9. The Morgan fingerprint density at radius 1 is 1.03 bits per heavy atom. The van der Waals surface area contributed by atoms with Crippen molar-refractivity contribution in [3.05, 3.63) is 82.1 Å². The number of nitrogens with zero attached hydrogens (tertiary/aromatic N) is 4. The Labute approximate surface area is 206 Å². The SMILES string of the molecule is Cc1ccc(-n2c(SC(C)C(=O)Nc3cccc(Cl)c3Cl)nnc2-c2ccncc2)cc1C. The molecule has 0 fully saturated rings. The standard InChI is InChI=1S/C24H21Cl2N5OS/c1-14-7-8-18(13-15(14)2)31-22(17-9-11-27-12-10-17)29-30-24(31)33-16(3)23(32)28-20-6-4-5-19(25)21(20)26/h4-13,16H,1-3H3,(H,28,32). The highest BCUT2D eigenvalue weighted by molar-refractivity contribution is 8.00. The minimum atomic E-state index is -0.472. The zero-order chi connectivity index (χ0) is 23.5. The molecule has 1 atom stereocenters. The number of pyridine rings is 1. The van der Waals surface area contributed by atoms with Crippen LogP contribution in [0.1, 0.15) is 18.1 Å². The van der Waals surface area contributed by atoms with E-state index in [0.29, 0.717) is 26.7 Å². The van der Waals surface area contributed by atoms with Gasteiger partial charge < -0.3 is 5.32 Å². The minimum Gasteiger partial charge on any atom is -0.324 e. The molecule has 0 saturated carbocycles. The van der Waals surface area contributed by atoms with Gasteiger partial charge in [0.25, 0.3) is 0 Å². The van der Waals surface area contributed by atoms with Gasteiger partial charge in [-0.1, -0.05) is 47.1 Å². The summed E-state index contributed by atoms with van der Waals surface area (Å²) in [4.78, 5) is 17.0. The highest BCUT2D eigenvalue weighted by Gasteiger charge is 2.23. The van der Waals surface area contributed by atoms with Crippen molar-refractivity contribution in [2.75, 3.05) is 5.32 Å². The molecule has 0 aliphatic rings. The van der Waals surface area contributed by atoms with Crippen LogP contribution >= 0.6 is 35.0 Å². The Hall–Kier alpha value is -2.87. The fourth-order valence-electron chi connectivity index (χ4n) is 3.18. The van der Waals surface area contributed by atoms with Crippen LogP contribution in [0.15, 0.2) is 66.1 Å². The average Bonchev–Trinajstić information content (AvgIpc) is 3.22. The third kappa shape index (κ3) is 5.05. The number of carbonyl (C=O) groups is 1. The van der Waals surface area contributed by atoms with Crippen molar-refractivity contribution in [1.82, 2.24) is 19.7 Å². The maximum atomic E-state index is 12.9. The van der Waals surface area contributed by atoms with Crippen molar-refractivity contribution in [3.8, 4) is 17.1 Å². The molecule has 33 heavy (non-hydrogen) atoms. The molecule has 2 heterocycles. The Balaban J connectivity index is 1.67. The second-order valence-corrected chi connectivity index (χ2v) is 9.59. The fourth-order valence-corrected chi connectivity index (χ4v) is 4.39. The number of hydrogen-bond donors (Lipinski definition) is 1. The molecule has 1 N–H and O–H groups in total. The van der Waals surface area contributed by atoms with Crippen molar-refractivity contribution >= 4 is 46.6 Å². The molecular weight excluding hydrogens is 477 g/mol. The number of thioether (sulfide) groups is 1. The molecule has 6 nitrogen and oxygen atoms in total. The van der Waals surface area contributed by atoms with Gasteiger partial charge in [0.15, 0.2) is 11.0 Å². The Morgan fingerprint density at radius 2 is 1.79 bits per heavy atom. The summed E-state index contributed by atoms with van der Waals surface area (Å²) in [6.07, 6.45) is 3.43. The first kappa shape index (κ1) is 23.3. The molecule has 0 radical (unpaired) electrons. The van der Waals surface area contributed by atoms with Crippen LogP contribution in [0.2, 0.25) is 10.0 Å². The minimum absolute atomic E-state index is 0.218. The van der Waals surface area contributed by atoms with Crippen molar-refractivity contribution in [2.24, 2.45) is 0 Å². The number of halogens is 2. The van der Waals surface area contributed by atoms with Crippen LogP contribution in [-0.4, -0.2) is 30.9 Å². The Bertz CT molecular complexity index is 1310. The number of anilines is 1. The van der Waals surface area contributed by atoms with Gasteiger partial charge in [0.1, 0.15) is 0 Å². The van der Waals surface area contributed by atoms with E-state index in [1.807, 2.05) is 29.7 Å². The van der Waals surface area contributed by atoms with E-state index >= 15 is 0 Å². The predicted molar refractivity (Wildman–Crippen MR) is 134 cm³/mol. The lowest BCUT2D eigenvalue weighted by Crippen LogP contribution is -2.23. The van der Waals surface area contributed by atoms with Gasteiger partial charge in [0.05, 0.1) is 26.7 Å². The second kappa shape index (κ2) is 9.95. The van der Waals surface area contributed by atoms with Gasteiger partial charge >= 0.3 is 0 Å². The summed E-state index contributed by atoms with van der Waals surface area (Å²) in [6.45, 7) is 5.94. The third-order valence-corrected chi connectivity index (χ3v) is 7.04. The monoisotopic (exact) mass is 497 g/mol. The van der Waals surface area contributed by atoms with Crippen LogP contribution in [0.5, 0.6) is 0 Å². The van der Waals surface area contributed by atoms with Crippen molar-refractivity contribution in [1.29, 1.82) is 0 Å². The van der Waals surface area contributed by atoms with Gasteiger partial charge in [-0.3, -0.25) is 14.3 Å². The molecule has 2 aromatic carbocycles. The summed E-state index contributed by atoms with van der Waals surface area (Å²) in [5.74, 6) is 0.456. The number of amides is 1. The molecule has 0 saturated heterocycles. The van der Waals surface area contributed by atoms with Gasteiger partial charge in [-0.25, -0.2) is 0 Å². The third-order valence-electron chi connectivity index (χ3n) is 5.18. The maximum Gasteiger partial charge on any atom is 0.237 e. The molecule has 4 aromatic rings. The van der Waals surface area contributed by atoms with Gasteiger partial charge in [-0.15, -0.1) is 10.2 Å². The van der Waals surface area contributed by atoms with Crippen LogP contribution in [0, 0.1) is 13.8 Å². The summed E-state index contributed by atoms with van der Waals surface area (Å²) in [7, 11) is 0. The van der Waals surface area contributed by atoms with E-state index in [1.54, 1.807) is 30.6 Å². The highest BCUT2D eigenvalue weighted by atomic mass is 35.5. The summed E-state index contributed by atoms with van der Waals surface area (Å²) in [5.41, 5.74) is 4.61. The van der Waals surface area contributed by atoms with Crippen LogP contribution in [0.4, 0.5) is 5.69 Å². The number of nitrogens with one attached hydrogen (secondary N) is 1. The quantitative estimate of drug-likeness (QED) is 0.313. The topological polar surface area (TPSA) is 72.7 Å². The highest BCUT2D eigenvalue weighted by Crippen LogP contribution is 2.33. The van der Waals surface area contributed by atoms with E-state index in [2.05, 4.69) is 46.5 Å². The molecule has 1 unspecified atom stereocenters. The molecule has 1 amide bonds. The lowest BCUT2D eigenvalue weighted by Gasteiger charge is -2.15. The van der Waals surface area contributed by atoms with Gasteiger partial charge in [-0.2, -0.15) is 0 Å². The number of rotatable bonds is 6. The molecule has 0 bridgehead atoms. The van der Waals surface area contributed by atoms with Crippen LogP contribution in [0.25, 0.3) is 17.1 Å². The van der Waals surface area contributed by atoms with E-state index in [1.165, 1.54) is 17.3 Å². The summed E-state index contributed by atoms with van der Waals surface area (Å²) < 4.78 is 1.96. The number of aryl methyl sites for hydroxylation is 2. The lowest BCUT2D eigenvalue weighted by molar-refractivity contribution is -0.115. The first-order chi connectivity index (χ1) is 15.8. The molecule has 2 aromatic heterocycles. The van der Waals surface area contributed by atoms with Gasteiger partial charge in [-0.05, 0) is 68.3 Å². The largest absolute Gasteiger partial charge is 0.324 e. The Morgan fingerprint density at radius 3 is 2.52 bits per heavy atom. The molecule has 0 aliphatic carbocycles. The van der Waals surface area contributed by atoms with Crippen LogP contribution < -0.4 is 5.32 Å². The van der Waals surface area contributed by atoms with Crippen molar-refractivity contribution < 1.29 is 4.79 Å². The van der Waals surface area contributed by atoms with E-state index < -0.39 is 5.25 Å². The number of carbonyl (C=O) groups excluding carboxylic acids is 1. The van der Waals surface area contributed by atoms with Crippen LogP contribution in [-0.2, 0) is 4.79 Å². The summed E-state index contributed by atoms with van der Waals surface area (Å²) in [6, 6.07) is 15.1. The lowest BCUT2D eigenvalue weighted by atomic mass is 10.1. The smallest absolute Gasteiger partial charge is 0.237 e. The average molecular weight is 498 g/mol. The van der Waals surface area contributed by atoms with E-state index in [0.717, 1.165) is 16.8 Å². The van der Waals surface area contributed by atoms with Crippen molar-refractivity contribution in [2.45, 2.75) is 31.2 Å². The van der Waals surface area contributed by atoms with Gasteiger partial charge in [0, 0.05) is 18.0 Å². The van der Waals surface area contributed by atoms with Gasteiger partial charge in [0.2, 0.25) is 5.91 Å². The molecule has 168 valence electrons. The number of aromatic nitrogens is 4. The van der Waals surface area contributed by atoms with Crippen LogP contribution in [0.3, 0.4) is 0 Å². The zero-order valence-electron chi connectivity index (χ0n) is 18.2. The second-order valence-electron chi connectivity index (χ2n) is 7.50.